The highest BCUT2D eigenvalue weighted by atomic mass is 32.2. The Bertz CT molecular complexity index is 931. The predicted octanol–water partition coefficient (Wildman–Crippen LogP) is 2.60. The first kappa shape index (κ1) is 17.1. The van der Waals surface area contributed by atoms with Crippen LogP contribution in [0, 0.1) is 6.92 Å². The third-order valence-corrected chi connectivity index (χ3v) is 5.46. The topological polar surface area (TPSA) is 88.5 Å². The molecule has 1 aliphatic rings. The standard InChI is InChI=1S/C18H22N6OS/c1-12-6-7-13-14(9-12)21-18(20-13)26-11-17(25)19-10-16-23-22-15-5-3-2-4-8-24(15)16/h6-7,9H,2-5,8,10-11H2,1H3,(H,19,25)(H,20,21). The molecule has 7 nitrogen and oxygen atoms in total. The number of aromatic amines is 1. The van der Waals surface area contributed by atoms with Crippen LogP contribution < -0.4 is 5.32 Å². The fourth-order valence-corrected chi connectivity index (χ4v) is 3.92. The first-order chi connectivity index (χ1) is 12.7. The van der Waals surface area contributed by atoms with Gasteiger partial charge in [-0.15, -0.1) is 10.2 Å². The smallest absolute Gasteiger partial charge is 0.230 e. The number of hydrogen-bond acceptors (Lipinski definition) is 5. The lowest BCUT2D eigenvalue weighted by Gasteiger charge is -2.07. The number of hydrogen-bond donors (Lipinski definition) is 2. The third-order valence-electron chi connectivity index (χ3n) is 4.59. The monoisotopic (exact) mass is 370 g/mol. The molecule has 0 spiro atoms. The maximum atomic E-state index is 12.2. The molecule has 4 rings (SSSR count). The predicted molar refractivity (Wildman–Crippen MR) is 101 cm³/mol. The van der Waals surface area contributed by atoms with E-state index in [2.05, 4.69) is 36.1 Å². The molecule has 2 aromatic heterocycles. The minimum absolute atomic E-state index is 0.0300. The normalized spacial score (nSPS) is 14.2. The Kier molecular flexibility index (Phi) is 4.92. The average molecular weight is 370 g/mol. The summed E-state index contributed by atoms with van der Waals surface area (Å²) in [5, 5.41) is 12.2. The van der Waals surface area contributed by atoms with E-state index in [0.29, 0.717) is 12.3 Å². The molecule has 1 aliphatic heterocycles. The first-order valence-corrected chi connectivity index (χ1v) is 9.94. The van der Waals surface area contributed by atoms with Gasteiger partial charge in [0.05, 0.1) is 23.3 Å². The van der Waals surface area contributed by atoms with E-state index in [1.54, 1.807) is 0 Å². The summed E-state index contributed by atoms with van der Waals surface area (Å²) in [5.74, 6) is 2.18. The maximum Gasteiger partial charge on any atom is 0.230 e. The van der Waals surface area contributed by atoms with E-state index in [9.17, 15) is 4.79 Å². The van der Waals surface area contributed by atoms with Crippen molar-refractivity contribution in [3.8, 4) is 0 Å². The molecule has 0 atom stereocenters. The van der Waals surface area contributed by atoms with Crippen LogP contribution in [0.4, 0.5) is 0 Å². The van der Waals surface area contributed by atoms with E-state index < -0.39 is 0 Å². The Morgan fingerprint density at radius 1 is 1.31 bits per heavy atom. The van der Waals surface area contributed by atoms with Gasteiger partial charge in [-0.1, -0.05) is 24.2 Å². The fraction of sp³-hybridized carbons (Fsp3) is 0.444. The van der Waals surface area contributed by atoms with E-state index in [1.807, 2.05) is 19.1 Å². The van der Waals surface area contributed by atoms with E-state index in [4.69, 9.17) is 0 Å². The summed E-state index contributed by atoms with van der Waals surface area (Å²) in [6, 6.07) is 6.08. The van der Waals surface area contributed by atoms with Crippen molar-refractivity contribution in [1.29, 1.82) is 0 Å². The maximum absolute atomic E-state index is 12.2. The lowest BCUT2D eigenvalue weighted by molar-refractivity contribution is -0.118. The van der Waals surface area contributed by atoms with Gasteiger partial charge >= 0.3 is 0 Å². The zero-order chi connectivity index (χ0) is 17.9. The Labute approximate surface area is 156 Å². The van der Waals surface area contributed by atoms with Crippen molar-refractivity contribution in [3.63, 3.8) is 0 Å². The number of carbonyl (C=O) groups is 1. The number of rotatable bonds is 5. The van der Waals surface area contributed by atoms with Crippen molar-refractivity contribution >= 4 is 28.7 Å². The van der Waals surface area contributed by atoms with Crippen LogP contribution in [0.5, 0.6) is 0 Å². The van der Waals surface area contributed by atoms with Gasteiger partial charge in [0.15, 0.2) is 11.0 Å². The number of carbonyl (C=O) groups excluding carboxylic acids is 1. The Morgan fingerprint density at radius 2 is 2.23 bits per heavy atom. The molecule has 2 N–H and O–H groups in total. The molecule has 0 unspecified atom stereocenters. The van der Waals surface area contributed by atoms with Crippen LogP contribution in [0.15, 0.2) is 23.4 Å². The summed E-state index contributed by atoms with van der Waals surface area (Å²) >= 11 is 1.41. The highest BCUT2D eigenvalue weighted by molar-refractivity contribution is 7.99. The van der Waals surface area contributed by atoms with Crippen molar-refractivity contribution in [3.05, 3.63) is 35.4 Å². The van der Waals surface area contributed by atoms with Crippen LogP contribution in [0.3, 0.4) is 0 Å². The van der Waals surface area contributed by atoms with Gasteiger partial charge in [-0.25, -0.2) is 4.98 Å². The molecule has 0 saturated carbocycles. The minimum atomic E-state index is -0.0300. The molecule has 1 amide bonds. The number of aryl methyl sites for hydroxylation is 2. The van der Waals surface area contributed by atoms with E-state index in [1.165, 1.54) is 23.7 Å². The van der Waals surface area contributed by atoms with Crippen molar-refractivity contribution in [2.45, 2.75) is 50.9 Å². The van der Waals surface area contributed by atoms with Crippen LogP contribution in [-0.4, -0.2) is 36.4 Å². The lowest BCUT2D eigenvalue weighted by atomic mass is 10.2. The molecule has 0 radical (unpaired) electrons. The van der Waals surface area contributed by atoms with E-state index in [0.717, 1.165) is 53.6 Å². The molecule has 136 valence electrons. The number of imidazole rings is 1. The third kappa shape index (κ3) is 3.75. The van der Waals surface area contributed by atoms with Crippen LogP contribution in [0.1, 0.15) is 36.5 Å². The Balaban J connectivity index is 1.32. The minimum Gasteiger partial charge on any atom is -0.348 e. The van der Waals surface area contributed by atoms with Gasteiger partial charge in [-0.05, 0) is 37.5 Å². The Morgan fingerprint density at radius 3 is 3.15 bits per heavy atom. The van der Waals surface area contributed by atoms with Gasteiger partial charge in [-0.2, -0.15) is 0 Å². The van der Waals surface area contributed by atoms with Gasteiger partial charge < -0.3 is 14.9 Å². The van der Waals surface area contributed by atoms with Gasteiger partial charge in [0.2, 0.25) is 5.91 Å². The molecular formula is C18H22N6OS. The van der Waals surface area contributed by atoms with Crippen molar-refractivity contribution < 1.29 is 4.79 Å². The number of fused-ring (bicyclic) bond motifs is 2. The quantitative estimate of drug-likeness (QED) is 0.674. The number of nitrogens with one attached hydrogen (secondary N) is 2. The molecule has 26 heavy (non-hydrogen) atoms. The Hall–Kier alpha value is -2.35. The second-order valence-electron chi connectivity index (χ2n) is 6.62. The summed E-state index contributed by atoms with van der Waals surface area (Å²) in [6.45, 7) is 3.41. The van der Waals surface area contributed by atoms with Gasteiger partial charge in [0, 0.05) is 13.0 Å². The number of thioether (sulfide) groups is 1. The molecule has 0 bridgehead atoms. The largest absolute Gasteiger partial charge is 0.348 e. The highest BCUT2D eigenvalue weighted by Crippen LogP contribution is 2.20. The van der Waals surface area contributed by atoms with Crippen molar-refractivity contribution in [2.75, 3.05) is 5.75 Å². The number of aromatic nitrogens is 5. The van der Waals surface area contributed by atoms with Gasteiger partial charge in [-0.3, -0.25) is 4.79 Å². The van der Waals surface area contributed by atoms with Gasteiger partial charge in [0.1, 0.15) is 5.82 Å². The average Bonchev–Trinajstić information content (AvgIpc) is 3.13. The number of nitrogens with zero attached hydrogens (tertiary/aromatic N) is 4. The number of amides is 1. The van der Waals surface area contributed by atoms with Crippen molar-refractivity contribution in [1.82, 2.24) is 30.0 Å². The number of H-pyrrole nitrogens is 1. The summed E-state index contributed by atoms with van der Waals surface area (Å²) in [4.78, 5) is 19.9. The first-order valence-electron chi connectivity index (χ1n) is 8.96. The molecule has 0 saturated heterocycles. The molecule has 3 aromatic rings. The summed E-state index contributed by atoms with van der Waals surface area (Å²) < 4.78 is 2.15. The summed E-state index contributed by atoms with van der Waals surface area (Å²) in [5.41, 5.74) is 3.10. The van der Waals surface area contributed by atoms with E-state index >= 15 is 0 Å². The van der Waals surface area contributed by atoms with Gasteiger partial charge in [0.25, 0.3) is 0 Å². The second-order valence-corrected chi connectivity index (χ2v) is 7.59. The lowest BCUT2D eigenvalue weighted by Crippen LogP contribution is -2.26. The fourth-order valence-electron chi connectivity index (χ4n) is 3.21. The molecule has 3 heterocycles. The number of benzene rings is 1. The van der Waals surface area contributed by atoms with E-state index in [-0.39, 0.29) is 5.91 Å². The van der Waals surface area contributed by atoms with Crippen LogP contribution in [0.2, 0.25) is 0 Å². The van der Waals surface area contributed by atoms with Crippen LogP contribution in [-0.2, 0) is 24.3 Å². The molecule has 0 fully saturated rings. The zero-order valence-corrected chi connectivity index (χ0v) is 15.6. The molecule has 1 aromatic carbocycles. The van der Waals surface area contributed by atoms with Crippen LogP contribution in [0.25, 0.3) is 11.0 Å². The van der Waals surface area contributed by atoms with Crippen molar-refractivity contribution in [2.24, 2.45) is 0 Å². The second kappa shape index (κ2) is 7.49. The molecular weight excluding hydrogens is 348 g/mol. The molecule has 8 heteroatoms. The SMILES string of the molecule is Cc1ccc2nc(SCC(=O)NCc3nnc4n3CCCCC4)[nH]c2c1. The highest BCUT2D eigenvalue weighted by Gasteiger charge is 2.15. The zero-order valence-electron chi connectivity index (χ0n) is 14.8. The van der Waals surface area contributed by atoms with Crippen LogP contribution >= 0.6 is 11.8 Å². The summed E-state index contributed by atoms with van der Waals surface area (Å²) in [6.07, 6.45) is 4.51. The summed E-state index contributed by atoms with van der Waals surface area (Å²) in [7, 11) is 0. The molecule has 0 aliphatic carbocycles.